The van der Waals surface area contributed by atoms with Gasteiger partial charge in [0.15, 0.2) is 0 Å². The van der Waals surface area contributed by atoms with Crippen molar-refractivity contribution in [1.29, 1.82) is 0 Å². The number of nitrogens with one attached hydrogen (secondary N) is 1. The molecule has 22 heavy (non-hydrogen) atoms. The predicted octanol–water partition coefficient (Wildman–Crippen LogP) is 4.39. The molecule has 0 spiro atoms. The van der Waals surface area contributed by atoms with E-state index in [4.69, 9.17) is 11.6 Å². The molecule has 0 saturated heterocycles. The van der Waals surface area contributed by atoms with Crippen molar-refractivity contribution in [3.8, 4) is 11.3 Å². The summed E-state index contributed by atoms with van der Waals surface area (Å²) in [4.78, 5) is 16.6. The first-order valence-corrected chi connectivity index (χ1v) is 8.06. The van der Waals surface area contributed by atoms with Gasteiger partial charge in [0, 0.05) is 34.3 Å². The second-order valence-corrected chi connectivity index (χ2v) is 5.93. The Morgan fingerprint density at radius 3 is 2.73 bits per heavy atom. The van der Waals surface area contributed by atoms with Crippen LogP contribution < -0.4 is 5.32 Å². The monoisotopic (exact) mass is 328 g/mol. The van der Waals surface area contributed by atoms with Gasteiger partial charge >= 0.3 is 0 Å². The smallest absolute Gasteiger partial charge is 0.251 e. The highest BCUT2D eigenvalue weighted by molar-refractivity contribution is 7.08. The van der Waals surface area contributed by atoms with Crippen LogP contribution in [0.5, 0.6) is 0 Å². The number of hydrogen-bond acceptors (Lipinski definition) is 3. The molecular weight excluding hydrogens is 316 g/mol. The Hall–Kier alpha value is -2.17. The van der Waals surface area contributed by atoms with E-state index < -0.39 is 0 Å². The molecule has 3 rings (SSSR count). The molecule has 1 amide bonds. The standard InChI is InChI=1S/C17H13ClN2OS/c18-15-5-3-12(4-6-15)17(21)20-10-13-2-1-8-19-16(13)14-7-9-22-11-14/h1-9,11H,10H2,(H,20,21). The minimum atomic E-state index is -0.128. The fourth-order valence-electron chi connectivity index (χ4n) is 2.12. The average Bonchev–Trinajstić information content (AvgIpc) is 3.08. The highest BCUT2D eigenvalue weighted by Crippen LogP contribution is 2.23. The molecule has 110 valence electrons. The summed E-state index contributed by atoms with van der Waals surface area (Å²) < 4.78 is 0. The van der Waals surface area contributed by atoms with Gasteiger partial charge in [-0.15, -0.1) is 0 Å². The molecule has 0 unspecified atom stereocenters. The molecule has 1 N–H and O–H groups in total. The van der Waals surface area contributed by atoms with E-state index in [-0.39, 0.29) is 5.91 Å². The normalized spacial score (nSPS) is 10.4. The quantitative estimate of drug-likeness (QED) is 0.771. The van der Waals surface area contributed by atoms with Crippen molar-refractivity contribution in [2.75, 3.05) is 0 Å². The second-order valence-electron chi connectivity index (χ2n) is 4.71. The van der Waals surface area contributed by atoms with Crippen molar-refractivity contribution in [3.63, 3.8) is 0 Å². The summed E-state index contributed by atoms with van der Waals surface area (Å²) in [6.07, 6.45) is 1.76. The number of pyridine rings is 1. The van der Waals surface area contributed by atoms with E-state index in [1.54, 1.807) is 41.8 Å². The molecule has 0 radical (unpaired) electrons. The van der Waals surface area contributed by atoms with Gasteiger partial charge in [-0.25, -0.2) is 0 Å². The molecule has 3 nitrogen and oxygen atoms in total. The zero-order valence-electron chi connectivity index (χ0n) is 11.6. The third-order valence-electron chi connectivity index (χ3n) is 3.23. The van der Waals surface area contributed by atoms with Crippen LogP contribution in [0, 0.1) is 0 Å². The van der Waals surface area contributed by atoms with Gasteiger partial charge < -0.3 is 5.32 Å². The third-order valence-corrected chi connectivity index (χ3v) is 4.17. The highest BCUT2D eigenvalue weighted by atomic mass is 35.5. The Kier molecular flexibility index (Phi) is 4.51. The van der Waals surface area contributed by atoms with Gasteiger partial charge in [-0.3, -0.25) is 9.78 Å². The molecule has 0 bridgehead atoms. The Morgan fingerprint density at radius 2 is 2.00 bits per heavy atom. The number of carbonyl (C=O) groups is 1. The molecule has 0 saturated carbocycles. The van der Waals surface area contributed by atoms with E-state index in [0.29, 0.717) is 17.1 Å². The molecule has 0 fully saturated rings. The number of rotatable bonds is 4. The van der Waals surface area contributed by atoms with Crippen molar-refractivity contribution >= 4 is 28.8 Å². The Morgan fingerprint density at radius 1 is 1.18 bits per heavy atom. The molecule has 3 aromatic rings. The van der Waals surface area contributed by atoms with E-state index in [1.165, 1.54) is 0 Å². The Labute approximate surface area is 137 Å². The van der Waals surface area contributed by atoms with E-state index in [0.717, 1.165) is 16.8 Å². The lowest BCUT2D eigenvalue weighted by Crippen LogP contribution is -2.23. The first kappa shape index (κ1) is 14.8. The summed E-state index contributed by atoms with van der Waals surface area (Å²) >= 11 is 7.45. The zero-order valence-corrected chi connectivity index (χ0v) is 13.2. The molecule has 0 aliphatic rings. The van der Waals surface area contributed by atoms with Crippen LogP contribution in [0.15, 0.2) is 59.4 Å². The lowest BCUT2D eigenvalue weighted by atomic mass is 10.1. The molecular formula is C17H13ClN2OS. The predicted molar refractivity (Wildman–Crippen MR) is 90.2 cm³/mol. The van der Waals surface area contributed by atoms with Crippen LogP contribution in [0.4, 0.5) is 0 Å². The lowest BCUT2D eigenvalue weighted by Gasteiger charge is -2.09. The van der Waals surface area contributed by atoms with E-state index in [9.17, 15) is 4.79 Å². The number of halogens is 1. The molecule has 0 aliphatic heterocycles. The first-order valence-electron chi connectivity index (χ1n) is 6.74. The maximum atomic E-state index is 12.2. The fraction of sp³-hybridized carbons (Fsp3) is 0.0588. The average molecular weight is 329 g/mol. The third kappa shape index (κ3) is 3.35. The zero-order chi connectivity index (χ0) is 15.4. The summed E-state index contributed by atoms with van der Waals surface area (Å²) in [5.74, 6) is -0.128. The van der Waals surface area contributed by atoms with Gasteiger partial charge in [0.05, 0.1) is 5.69 Å². The van der Waals surface area contributed by atoms with Crippen molar-refractivity contribution in [1.82, 2.24) is 10.3 Å². The lowest BCUT2D eigenvalue weighted by molar-refractivity contribution is 0.0951. The van der Waals surface area contributed by atoms with Gasteiger partial charge in [0.25, 0.3) is 5.91 Å². The van der Waals surface area contributed by atoms with Crippen molar-refractivity contribution < 1.29 is 4.79 Å². The molecule has 5 heteroatoms. The summed E-state index contributed by atoms with van der Waals surface area (Å²) in [5, 5.41) is 7.60. The summed E-state index contributed by atoms with van der Waals surface area (Å²) in [6, 6.07) is 12.7. The van der Waals surface area contributed by atoms with Crippen LogP contribution in [-0.4, -0.2) is 10.9 Å². The van der Waals surface area contributed by atoms with Crippen LogP contribution >= 0.6 is 22.9 Å². The summed E-state index contributed by atoms with van der Waals surface area (Å²) in [5.41, 5.74) is 3.55. The first-order chi connectivity index (χ1) is 10.7. The highest BCUT2D eigenvalue weighted by Gasteiger charge is 2.09. The number of carbonyl (C=O) groups excluding carboxylic acids is 1. The maximum Gasteiger partial charge on any atom is 0.251 e. The topological polar surface area (TPSA) is 42.0 Å². The second kappa shape index (κ2) is 6.73. The van der Waals surface area contributed by atoms with Crippen molar-refractivity contribution in [2.24, 2.45) is 0 Å². The van der Waals surface area contributed by atoms with Crippen molar-refractivity contribution in [3.05, 3.63) is 75.6 Å². The number of nitrogens with zero attached hydrogens (tertiary/aromatic N) is 1. The Balaban J connectivity index is 1.74. The summed E-state index contributed by atoms with van der Waals surface area (Å²) in [6.45, 7) is 0.431. The number of amides is 1. The van der Waals surface area contributed by atoms with Gasteiger partial charge in [-0.05, 0) is 47.3 Å². The Bertz CT molecular complexity index is 770. The van der Waals surface area contributed by atoms with Crippen LogP contribution in [0.1, 0.15) is 15.9 Å². The van der Waals surface area contributed by atoms with Crippen molar-refractivity contribution in [2.45, 2.75) is 6.54 Å². The molecule has 0 atom stereocenters. The van der Waals surface area contributed by atoms with Gasteiger partial charge in [0.1, 0.15) is 0 Å². The van der Waals surface area contributed by atoms with E-state index in [1.807, 2.05) is 29.0 Å². The largest absolute Gasteiger partial charge is 0.348 e. The van der Waals surface area contributed by atoms with Gasteiger partial charge in [-0.2, -0.15) is 11.3 Å². The van der Waals surface area contributed by atoms with Crippen LogP contribution in [0.3, 0.4) is 0 Å². The number of hydrogen-bond donors (Lipinski definition) is 1. The van der Waals surface area contributed by atoms with Gasteiger partial charge in [0.2, 0.25) is 0 Å². The summed E-state index contributed by atoms with van der Waals surface area (Å²) in [7, 11) is 0. The molecule has 2 aromatic heterocycles. The number of aromatic nitrogens is 1. The molecule has 1 aromatic carbocycles. The maximum absolute atomic E-state index is 12.2. The molecule has 0 aliphatic carbocycles. The minimum Gasteiger partial charge on any atom is -0.348 e. The van der Waals surface area contributed by atoms with Crippen LogP contribution in [0.2, 0.25) is 5.02 Å². The van der Waals surface area contributed by atoms with Gasteiger partial charge in [-0.1, -0.05) is 17.7 Å². The minimum absolute atomic E-state index is 0.128. The van der Waals surface area contributed by atoms with Crippen LogP contribution in [0.25, 0.3) is 11.3 Å². The van der Waals surface area contributed by atoms with E-state index >= 15 is 0 Å². The van der Waals surface area contributed by atoms with Crippen LogP contribution in [-0.2, 0) is 6.54 Å². The van der Waals surface area contributed by atoms with E-state index in [2.05, 4.69) is 10.3 Å². The number of thiophene rings is 1. The number of benzene rings is 1. The SMILES string of the molecule is O=C(NCc1cccnc1-c1ccsc1)c1ccc(Cl)cc1. The fourth-order valence-corrected chi connectivity index (χ4v) is 2.89. The molecule has 2 heterocycles.